The maximum Gasteiger partial charge on any atom is 0.347 e. The third-order valence-electron chi connectivity index (χ3n) is 4.71. The molecule has 0 saturated heterocycles. The molecule has 0 saturated carbocycles. The van der Waals surface area contributed by atoms with Crippen LogP contribution in [0, 0.1) is 0 Å². The van der Waals surface area contributed by atoms with E-state index >= 15 is 0 Å². The lowest BCUT2D eigenvalue weighted by molar-refractivity contribution is -0.152. The summed E-state index contributed by atoms with van der Waals surface area (Å²) in [4.78, 5) is 15.8. The van der Waals surface area contributed by atoms with Gasteiger partial charge in [-0.3, -0.25) is 5.32 Å². The standard InChI is InChI=1S/C22H26N2O4/c1-5-17(15-10-12-16(13-11-15)28-22(3,4)21(25)26)23-14(2)20-24-18-8-6-7-9-19(18)27-20/h6-14,17,23H,5H2,1-4H3,(H,25,26). The smallest absolute Gasteiger partial charge is 0.347 e. The zero-order valence-electron chi connectivity index (χ0n) is 16.6. The Morgan fingerprint density at radius 1 is 1.21 bits per heavy atom. The number of ether oxygens (including phenoxy) is 1. The number of fused-ring (bicyclic) bond motifs is 1. The average Bonchev–Trinajstić information content (AvgIpc) is 3.10. The van der Waals surface area contributed by atoms with Crippen LogP contribution < -0.4 is 10.1 Å². The number of aromatic nitrogens is 1. The minimum atomic E-state index is -1.27. The van der Waals surface area contributed by atoms with E-state index in [0.29, 0.717) is 11.6 Å². The first-order chi connectivity index (χ1) is 13.3. The maximum atomic E-state index is 11.2. The van der Waals surface area contributed by atoms with Crippen LogP contribution in [0.5, 0.6) is 5.75 Å². The highest BCUT2D eigenvalue weighted by Gasteiger charge is 2.29. The Labute approximate surface area is 164 Å². The summed E-state index contributed by atoms with van der Waals surface area (Å²) in [5.41, 5.74) is 1.44. The van der Waals surface area contributed by atoms with E-state index in [2.05, 4.69) is 17.2 Å². The van der Waals surface area contributed by atoms with Crippen molar-refractivity contribution in [1.29, 1.82) is 0 Å². The molecule has 1 heterocycles. The molecule has 0 bridgehead atoms. The number of nitrogens with zero attached hydrogens (tertiary/aromatic N) is 1. The molecule has 2 atom stereocenters. The van der Waals surface area contributed by atoms with E-state index in [-0.39, 0.29) is 12.1 Å². The van der Waals surface area contributed by atoms with Gasteiger partial charge in [-0.1, -0.05) is 31.2 Å². The predicted octanol–water partition coefficient (Wildman–Crippen LogP) is 4.87. The number of hydrogen-bond donors (Lipinski definition) is 2. The molecule has 0 aliphatic rings. The molecular formula is C22H26N2O4. The van der Waals surface area contributed by atoms with Gasteiger partial charge in [0.05, 0.1) is 6.04 Å². The SMILES string of the molecule is CCC(NC(C)c1nc2ccccc2o1)c1ccc(OC(C)(C)C(=O)O)cc1. The van der Waals surface area contributed by atoms with Gasteiger partial charge in [-0.05, 0) is 57.0 Å². The van der Waals surface area contributed by atoms with Crippen molar-refractivity contribution in [3.8, 4) is 5.75 Å². The van der Waals surface area contributed by atoms with Crippen molar-refractivity contribution in [3.63, 3.8) is 0 Å². The summed E-state index contributed by atoms with van der Waals surface area (Å²) in [7, 11) is 0. The normalized spacial score (nSPS) is 14.0. The van der Waals surface area contributed by atoms with Crippen LogP contribution in [0.1, 0.15) is 57.7 Å². The molecule has 2 N–H and O–H groups in total. The Hall–Kier alpha value is -2.86. The lowest BCUT2D eigenvalue weighted by atomic mass is 10.0. The summed E-state index contributed by atoms with van der Waals surface area (Å²) in [6.45, 7) is 7.19. The van der Waals surface area contributed by atoms with Gasteiger partial charge in [0, 0.05) is 6.04 Å². The first-order valence-electron chi connectivity index (χ1n) is 9.44. The van der Waals surface area contributed by atoms with Gasteiger partial charge in [0.15, 0.2) is 11.2 Å². The van der Waals surface area contributed by atoms with Crippen LogP contribution in [0.4, 0.5) is 0 Å². The van der Waals surface area contributed by atoms with Crippen LogP contribution >= 0.6 is 0 Å². The van der Waals surface area contributed by atoms with Crippen LogP contribution in [0.3, 0.4) is 0 Å². The van der Waals surface area contributed by atoms with Crippen molar-refractivity contribution in [2.24, 2.45) is 0 Å². The summed E-state index contributed by atoms with van der Waals surface area (Å²) < 4.78 is 11.4. The van der Waals surface area contributed by atoms with Crippen LogP contribution in [0.15, 0.2) is 52.9 Å². The van der Waals surface area contributed by atoms with E-state index in [0.717, 1.165) is 23.1 Å². The second-order valence-corrected chi connectivity index (χ2v) is 7.36. The van der Waals surface area contributed by atoms with E-state index in [1.807, 2.05) is 43.3 Å². The van der Waals surface area contributed by atoms with Crippen LogP contribution in [0.25, 0.3) is 11.1 Å². The number of carbonyl (C=O) groups is 1. The Kier molecular flexibility index (Phi) is 5.70. The molecule has 28 heavy (non-hydrogen) atoms. The molecule has 6 heteroatoms. The minimum absolute atomic E-state index is 0.0563. The third-order valence-corrected chi connectivity index (χ3v) is 4.71. The molecule has 3 rings (SSSR count). The molecule has 3 aromatic rings. The van der Waals surface area contributed by atoms with Gasteiger partial charge < -0.3 is 14.3 Å². The zero-order valence-corrected chi connectivity index (χ0v) is 16.6. The fraction of sp³-hybridized carbons (Fsp3) is 0.364. The number of nitrogens with one attached hydrogen (secondary N) is 1. The fourth-order valence-electron chi connectivity index (χ4n) is 3.00. The summed E-state index contributed by atoms with van der Waals surface area (Å²) in [6, 6.07) is 15.3. The van der Waals surface area contributed by atoms with Gasteiger partial charge in [0.1, 0.15) is 11.3 Å². The van der Waals surface area contributed by atoms with E-state index in [9.17, 15) is 9.90 Å². The predicted molar refractivity (Wildman–Crippen MR) is 107 cm³/mol. The van der Waals surface area contributed by atoms with Gasteiger partial charge in [-0.2, -0.15) is 0 Å². The second-order valence-electron chi connectivity index (χ2n) is 7.36. The number of para-hydroxylation sites is 2. The van der Waals surface area contributed by atoms with Crippen molar-refractivity contribution >= 4 is 17.1 Å². The molecule has 148 valence electrons. The highest BCUT2D eigenvalue weighted by atomic mass is 16.5. The molecule has 0 spiro atoms. The maximum absolute atomic E-state index is 11.2. The Morgan fingerprint density at radius 2 is 1.89 bits per heavy atom. The largest absolute Gasteiger partial charge is 0.478 e. The first-order valence-corrected chi connectivity index (χ1v) is 9.44. The Balaban J connectivity index is 1.71. The summed E-state index contributed by atoms with van der Waals surface area (Å²) >= 11 is 0. The van der Waals surface area contributed by atoms with Crippen molar-refractivity contribution in [2.75, 3.05) is 0 Å². The lowest BCUT2D eigenvalue weighted by Crippen LogP contribution is -2.37. The monoisotopic (exact) mass is 382 g/mol. The number of aliphatic carboxylic acids is 1. The number of rotatable bonds is 8. The van der Waals surface area contributed by atoms with Gasteiger partial charge in [0.25, 0.3) is 0 Å². The van der Waals surface area contributed by atoms with Crippen LogP contribution in [-0.2, 0) is 4.79 Å². The topological polar surface area (TPSA) is 84.6 Å². The highest BCUT2D eigenvalue weighted by molar-refractivity contribution is 5.76. The quantitative estimate of drug-likeness (QED) is 0.578. The van der Waals surface area contributed by atoms with Gasteiger partial charge in [-0.15, -0.1) is 0 Å². The van der Waals surface area contributed by atoms with E-state index in [4.69, 9.17) is 9.15 Å². The summed E-state index contributed by atoms with van der Waals surface area (Å²) in [5.74, 6) is 0.178. The van der Waals surface area contributed by atoms with Crippen LogP contribution in [0.2, 0.25) is 0 Å². The summed E-state index contributed by atoms with van der Waals surface area (Å²) in [5, 5.41) is 12.7. The number of oxazole rings is 1. The summed E-state index contributed by atoms with van der Waals surface area (Å²) in [6.07, 6.45) is 0.880. The highest BCUT2D eigenvalue weighted by Crippen LogP contribution is 2.27. The van der Waals surface area contributed by atoms with E-state index in [1.165, 1.54) is 13.8 Å². The molecule has 0 amide bonds. The number of hydrogen-bond acceptors (Lipinski definition) is 5. The Bertz CT molecular complexity index is 914. The number of carboxylic acid groups (broad SMARTS) is 1. The van der Waals surface area contributed by atoms with Crippen molar-refractivity contribution in [1.82, 2.24) is 10.3 Å². The molecule has 2 aromatic carbocycles. The molecule has 6 nitrogen and oxygen atoms in total. The number of carboxylic acids is 1. The zero-order chi connectivity index (χ0) is 20.3. The second kappa shape index (κ2) is 8.02. The van der Waals surface area contributed by atoms with Crippen molar-refractivity contribution < 1.29 is 19.1 Å². The first kappa shape index (κ1) is 19.9. The van der Waals surface area contributed by atoms with Crippen molar-refractivity contribution in [2.45, 2.75) is 51.8 Å². The average molecular weight is 382 g/mol. The van der Waals surface area contributed by atoms with E-state index < -0.39 is 11.6 Å². The lowest BCUT2D eigenvalue weighted by Gasteiger charge is -2.23. The molecule has 0 aliphatic carbocycles. The number of benzene rings is 2. The molecule has 2 unspecified atom stereocenters. The molecule has 1 aromatic heterocycles. The minimum Gasteiger partial charge on any atom is -0.478 e. The van der Waals surface area contributed by atoms with Gasteiger partial charge >= 0.3 is 5.97 Å². The molecule has 0 radical (unpaired) electrons. The molecular weight excluding hydrogens is 356 g/mol. The van der Waals surface area contributed by atoms with Gasteiger partial charge in [0.2, 0.25) is 5.89 Å². The fourth-order valence-corrected chi connectivity index (χ4v) is 3.00. The van der Waals surface area contributed by atoms with Gasteiger partial charge in [-0.25, -0.2) is 9.78 Å². The van der Waals surface area contributed by atoms with Crippen LogP contribution in [-0.4, -0.2) is 21.7 Å². The Morgan fingerprint density at radius 3 is 2.50 bits per heavy atom. The van der Waals surface area contributed by atoms with E-state index in [1.54, 1.807) is 12.1 Å². The third kappa shape index (κ3) is 4.34. The molecule has 0 aliphatic heterocycles. The molecule has 0 fully saturated rings. The van der Waals surface area contributed by atoms with Crippen molar-refractivity contribution in [3.05, 3.63) is 60.0 Å².